The van der Waals surface area contributed by atoms with Crippen LogP contribution in [-0.4, -0.2) is 25.7 Å². The van der Waals surface area contributed by atoms with Crippen molar-refractivity contribution in [3.63, 3.8) is 0 Å². The summed E-state index contributed by atoms with van der Waals surface area (Å²) in [6.07, 6.45) is 0.968. The zero-order chi connectivity index (χ0) is 17.8. The Morgan fingerprint density at radius 2 is 1.76 bits per heavy atom. The van der Waals surface area contributed by atoms with Gasteiger partial charge in [0.2, 0.25) is 0 Å². The molecule has 2 aromatic rings. The molecule has 2 N–H and O–H groups in total. The molecular formula is C20H23NO4. The molecule has 3 rings (SSSR count). The number of quaternary nitrogens is 1. The van der Waals surface area contributed by atoms with E-state index in [-0.39, 0.29) is 11.6 Å². The molecule has 2 aromatic carbocycles. The monoisotopic (exact) mass is 341 g/mol. The van der Waals surface area contributed by atoms with Crippen molar-refractivity contribution in [1.82, 2.24) is 0 Å². The molecule has 25 heavy (non-hydrogen) atoms. The molecule has 0 radical (unpaired) electrons. The van der Waals surface area contributed by atoms with E-state index in [1.54, 1.807) is 12.1 Å². The summed E-state index contributed by atoms with van der Waals surface area (Å²) in [7, 11) is 0. The van der Waals surface area contributed by atoms with Gasteiger partial charge < -0.3 is 24.7 Å². The second-order valence-electron chi connectivity index (χ2n) is 6.03. The highest BCUT2D eigenvalue weighted by Gasteiger charge is 2.27. The number of ether oxygens (including phenoxy) is 2. The Hall–Kier alpha value is -2.53. The lowest BCUT2D eigenvalue weighted by molar-refractivity contribution is -0.690. The second kappa shape index (κ2) is 7.57. The van der Waals surface area contributed by atoms with E-state index in [4.69, 9.17) is 9.47 Å². The number of carboxylic acids is 1. The minimum atomic E-state index is -1.15. The van der Waals surface area contributed by atoms with Crippen LogP contribution in [0.15, 0.2) is 36.4 Å². The van der Waals surface area contributed by atoms with Gasteiger partial charge in [-0.3, -0.25) is 0 Å². The van der Waals surface area contributed by atoms with Crippen molar-refractivity contribution in [3.8, 4) is 11.5 Å². The third kappa shape index (κ3) is 3.61. The Bertz CT molecular complexity index is 755. The normalized spacial score (nSPS) is 16.2. The summed E-state index contributed by atoms with van der Waals surface area (Å²) in [5, 5.41) is 13.2. The Kier molecular flexibility index (Phi) is 5.24. The van der Waals surface area contributed by atoms with Crippen LogP contribution in [0.4, 0.5) is 0 Å². The van der Waals surface area contributed by atoms with Crippen molar-refractivity contribution in [2.45, 2.75) is 26.3 Å². The number of nitrogens with two attached hydrogens (primary N) is 1. The van der Waals surface area contributed by atoms with E-state index in [1.165, 1.54) is 11.1 Å². The van der Waals surface area contributed by atoms with Gasteiger partial charge in [0.05, 0.1) is 25.7 Å². The topological polar surface area (TPSA) is 75.2 Å². The largest absolute Gasteiger partial charge is 0.545 e. The minimum Gasteiger partial charge on any atom is -0.545 e. The summed E-state index contributed by atoms with van der Waals surface area (Å²) < 4.78 is 11.5. The lowest BCUT2D eigenvalue weighted by Gasteiger charge is -2.26. The zero-order valence-corrected chi connectivity index (χ0v) is 14.6. The lowest BCUT2D eigenvalue weighted by atomic mass is 9.89. The smallest absolute Gasteiger partial charge is 0.161 e. The molecule has 0 aliphatic carbocycles. The zero-order valence-electron chi connectivity index (χ0n) is 14.6. The van der Waals surface area contributed by atoms with Gasteiger partial charge in [-0.15, -0.1) is 0 Å². The fourth-order valence-electron chi connectivity index (χ4n) is 3.34. The molecule has 1 aliphatic rings. The molecule has 0 bridgehead atoms. The Morgan fingerprint density at radius 3 is 2.36 bits per heavy atom. The highest BCUT2D eigenvalue weighted by atomic mass is 16.5. The number of fused-ring (bicyclic) bond motifs is 1. The maximum Gasteiger partial charge on any atom is 0.161 e. The van der Waals surface area contributed by atoms with Gasteiger partial charge in [-0.25, -0.2) is 0 Å². The van der Waals surface area contributed by atoms with Crippen molar-refractivity contribution in [2.24, 2.45) is 0 Å². The van der Waals surface area contributed by atoms with Crippen molar-refractivity contribution in [1.29, 1.82) is 0 Å². The number of carbonyl (C=O) groups excluding carboxylic acids is 1. The van der Waals surface area contributed by atoms with Crippen molar-refractivity contribution >= 4 is 5.97 Å². The average molecular weight is 341 g/mol. The molecule has 0 fully saturated rings. The van der Waals surface area contributed by atoms with Crippen LogP contribution in [-0.2, 0) is 6.42 Å². The van der Waals surface area contributed by atoms with Crippen LogP contribution < -0.4 is 19.9 Å². The van der Waals surface area contributed by atoms with Gasteiger partial charge in [-0.05, 0) is 37.1 Å². The molecule has 0 aromatic heterocycles. The molecule has 1 unspecified atom stereocenters. The van der Waals surface area contributed by atoms with E-state index >= 15 is 0 Å². The van der Waals surface area contributed by atoms with E-state index in [9.17, 15) is 9.90 Å². The van der Waals surface area contributed by atoms with Crippen LogP contribution in [0, 0.1) is 0 Å². The van der Waals surface area contributed by atoms with Crippen molar-refractivity contribution in [2.75, 3.05) is 19.8 Å². The number of hydrogen-bond donors (Lipinski definition) is 1. The van der Waals surface area contributed by atoms with Crippen molar-refractivity contribution < 1.29 is 24.7 Å². The van der Waals surface area contributed by atoms with Gasteiger partial charge in [0.15, 0.2) is 11.5 Å². The lowest BCUT2D eigenvalue weighted by Crippen LogP contribution is -2.87. The Labute approximate surface area is 147 Å². The predicted molar refractivity (Wildman–Crippen MR) is 91.9 cm³/mol. The first-order chi connectivity index (χ1) is 12.1. The molecule has 5 nitrogen and oxygen atoms in total. The number of rotatable bonds is 6. The fraction of sp³-hybridized carbons (Fsp3) is 0.350. The molecule has 1 heterocycles. The second-order valence-corrected chi connectivity index (χ2v) is 6.03. The average Bonchev–Trinajstić information content (AvgIpc) is 2.62. The summed E-state index contributed by atoms with van der Waals surface area (Å²) in [5.74, 6) is 0.394. The number of benzene rings is 2. The minimum absolute atomic E-state index is 0.120. The van der Waals surface area contributed by atoms with Crippen LogP contribution in [0.1, 0.15) is 46.9 Å². The van der Waals surface area contributed by atoms with Gasteiger partial charge in [0, 0.05) is 17.5 Å². The van der Waals surface area contributed by atoms with E-state index < -0.39 is 5.97 Å². The SMILES string of the molecule is CCOc1cc2c(cc1OCC)C(c1ccc(C(=O)[O-])cc1)[NH2+]CC2. The maximum atomic E-state index is 11.0. The van der Waals surface area contributed by atoms with Crippen molar-refractivity contribution in [3.05, 3.63) is 58.7 Å². The molecule has 5 heteroatoms. The quantitative estimate of drug-likeness (QED) is 0.852. The number of hydrogen-bond acceptors (Lipinski definition) is 4. The number of aromatic carboxylic acids is 1. The van der Waals surface area contributed by atoms with E-state index in [0.717, 1.165) is 30.0 Å². The van der Waals surface area contributed by atoms with E-state index in [2.05, 4.69) is 17.4 Å². The first kappa shape index (κ1) is 17.3. The molecule has 0 amide bonds. The highest BCUT2D eigenvalue weighted by molar-refractivity contribution is 5.85. The van der Waals surface area contributed by atoms with Gasteiger partial charge >= 0.3 is 0 Å². The van der Waals surface area contributed by atoms with E-state index in [1.807, 2.05) is 26.0 Å². The third-order valence-corrected chi connectivity index (χ3v) is 4.46. The predicted octanol–water partition coefficient (Wildman–Crippen LogP) is 1.06. The van der Waals surface area contributed by atoms with Crippen LogP contribution in [0.3, 0.4) is 0 Å². The van der Waals surface area contributed by atoms with E-state index in [0.29, 0.717) is 13.2 Å². The van der Waals surface area contributed by atoms with Crippen LogP contribution in [0.25, 0.3) is 0 Å². The number of carbonyl (C=O) groups is 1. The Balaban J connectivity index is 2.00. The summed E-state index contributed by atoms with van der Waals surface area (Å²) >= 11 is 0. The summed E-state index contributed by atoms with van der Waals surface area (Å²) in [4.78, 5) is 11.0. The fourth-order valence-corrected chi connectivity index (χ4v) is 3.34. The molecule has 0 saturated carbocycles. The van der Waals surface area contributed by atoms with Crippen LogP contribution in [0.2, 0.25) is 0 Å². The first-order valence-corrected chi connectivity index (χ1v) is 8.71. The molecule has 0 saturated heterocycles. The standard InChI is InChI=1S/C20H23NO4/c1-3-24-17-11-15-9-10-21-19(16(15)12-18(17)25-4-2)13-5-7-14(8-6-13)20(22)23/h5-8,11-12,19,21H,3-4,9-10H2,1-2H3,(H,22,23). The molecule has 132 valence electrons. The molecular weight excluding hydrogens is 318 g/mol. The summed E-state index contributed by atoms with van der Waals surface area (Å²) in [6, 6.07) is 11.2. The molecule has 1 aliphatic heterocycles. The van der Waals surface area contributed by atoms with Gasteiger partial charge in [0.1, 0.15) is 6.04 Å². The van der Waals surface area contributed by atoms with Gasteiger partial charge in [0.25, 0.3) is 0 Å². The van der Waals surface area contributed by atoms with Crippen LogP contribution >= 0.6 is 0 Å². The summed E-state index contributed by atoms with van der Waals surface area (Å²) in [6.45, 7) is 6.06. The highest BCUT2D eigenvalue weighted by Crippen LogP contribution is 2.36. The van der Waals surface area contributed by atoms with Gasteiger partial charge in [-0.2, -0.15) is 0 Å². The number of carboxylic acid groups (broad SMARTS) is 1. The Morgan fingerprint density at radius 1 is 1.12 bits per heavy atom. The van der Waals surface area contributed by atoms with Gasteiger partial charge in [-0.1, -0.05) is 24.3 Å². The molecule has 0 spiro atoms. The maximum absolute atomic E-state index is 11.0. The first-order valence-electron chi connectivity index (χ1n) is 8.71. The van der Waals surface area contributed by atoms with Crippen LogP contribution in [0.5, 0.6) is 11.5 Å². The third-order valence-electron chi connectivity index (χ3n) is 4.46. The summed E-state index contributed by atoms with van der Waals surface area (Å²) in [5.41, 5.74) is 3.71. The molecule has 1 atom stereocenters.